The van der Waals surface area contributed by atoms with Crippen molar-refractivity contribution in [1.82, 2.24) is 4.98 Å². The maximum atomic E-state index is 5.63. The highest BCUT2D eigenvalue weighted by molar-refractivity contribution is 9.10. The maximum absolute atomic E-state index is 5.63. The molecule has 0 bridgehead atoms. The Morgan fingerprint density at radius 1 is 1.57 bits per heavy atom. The Hall–Kier alpha value is -0.770. The second-order valence-electron chi connectivity index (χ2n) is 3.65. The zero-order chi connectivity index (χ0) is 10.7. The molecule has 0 radical (unpaired) electrons. The molecule has 1 aromatic heterocycles. The zero-order valence-corrected chi connectivity index (χ0v) is 10.3. The van der Waals surface area contributed by atoms with Gasteiger partial charge in [-0.1, -0.05) is 13.8 Å². The van der Waals surface area contributed by atoms with Gasteiger partial charge in [-0.05, 0) is 28.8 Å². The predicted molar refractivity (Wildman–Crippen MR) is 61.4 cm³/mol. The Kier molecular flexibility index (Phi) is 3.75. The number of pyridine rings is 1. The molecule has 78 valence electrons. The molecule has 0 amide bonds. The van der Waals surface area contributed by atoms with Crippen LogP contribution in [0.1, 0.15) is 19.4 Å². The van der Waals surface area contributed by atoms with Gasteiger partial charge in [0.25, 0.3) is 0 Å². The van der Waals surface area contributed by atoms with Crippen LogP contribution in [0.2, 0.25) is 0 Å². The Labute approximate surface area is 92.8 Å². The van der Waals surface area contributed by atoms with Crippen molar-refractivity contribution < 1.29 is 4.74 Å². The molecule has 0 spiro atoms. The van der Waals surface area contributed by atoms with E-state index in [0.29, 0.717) is 18.3 Å². The first-order valence-corrected chi connectivity index (χ1v) is 5.35. The van der Waals surface area contributed by atoms with Gasteiger partial charge in [0.2, 0.25) is 0 Å². The van der Waals surface area contributed by atoms with Crippen LogP contribution in [0.4, 0.5) is 5.82 Å². The van der Waals surface area contributed by atoms with Crippen molar-refractivity contribution in [1.29, 1.82) is 0 Å². The number of aromatic nitrogens is 1. The van der Waals surface area contributed by atoms with Gasteiger partial charge >= 0.3 is 0 Å². The lowest BCUT2D eigenvalue weighted by molar-refractivity contribution is 0.268. The predicted octanol–water partition coefficient (Wildman–Crippen LogP) is 2.77. The van der Waals surface area contributed by atoms with E-state index in [4.69, 9.17) is 10.5 Å². The molecule has 0 fully saturated rings. The molecule has 0 atom stereocenters. The fraction of sp³-hybridized carbons (Fsp3) is 0.500. The normalized spacial score (nSPS) is 10.6. The number of nitrogens with two attached hydrogens (primary N) is 1. The smallest absolute Gasteiger partial charge is 0.141 e. The third-order valence-corrected chi connectivity index (χ3v) is 2.82. The summed E-state index contributed by atoms with van der Waals surface area (Å²) in [5, 5.41) is 0. The van der Waals surface area contributed by atoms with E-state index < -0.39 is 0 Å². The number of ether oxygens (including phenoxy) is 1. The molecule has 0 aromatic carbocycles. The second kappa shape index (κ2) is 4.64. The van der Waals surface area contributed by atoms with Crippen LogP contribution in [-0.2, 0) is 0 Å². The van der Waals surface area contributed by atoms with Gasteiger partial charge in [-0.15, -0.1) is 0 Å². The van der Waals surface area contributed by atoms with E-state index in [9.17, 15) is 0 Å². The first-order valence-electron chi connectivity index (χ1n) is 4.55. The highest BCUT2D eigenvalue weighted by atomic mass is 79.9. The van der Waals surface area contributed by atoms with Crippen LogP contribution in [0, 0.1) is 12.8 Å². The second-order valence-corrected chi connectivity index (χ2v) is 4.44. The van der Waals surface area contributed by atoms with Crippen LogP contribution >= 0.6 is 15.9 Å². The molecule has 4 heteroatoms. The van der Waals surface area contributed by atoms with E-state index in [1.54, 1.807) is 6.20 Å². The van der Waals surface area contributed by atoms with E-state index in [-0.39, 0.29) is 0 Å². The maximum Gasteiger partial charge on any atom is 0.141 e. The molecule has 3 nitrogen and oxygen atoms in total. The van der Waals surface area contributed by atoms with Crippen LogP contribution in [-0.4, -0.2) is 11.6 Å². The number of rotatable bonds is 3. The Bertz CT molecular complexity index is 326. The van der Waals surface area contributed by atoms with Gasteiger partial charge in [0, 0.05) is 5.56 Å². The van der Waals surface area contributed by atoms with Gasteiger partial charge < -0.3 is 10.5 Å². The minimum atomic E-state index is 0.499. The van der Waals surface area contributed by atoms with Gasteiger partial charge in [-0.25, -0.2) is 4.98 Å². The molecule has 0 aliphatic rings. The van der Waals surface area contributed by atoms with E-state index >= 15 is 0 Å². The highest BCUT2D eigenvalue weighted by Crippen LogP contribution is 2.29. The van der Waals surface area contributed by atoms with Crippen LogP contribution in [0.3, 0.4) is 0 Å². The summed E-state index contributed by atoms with van der Waals surface area (Å²) in [6, 6.07) is 0. The Morgan fingerprint density at radius 3 is 2.79 bits per heavy atom. The van der Waals surface area contributed by atoms with E-state index in [1.807, 2.05) is 6.92 Å². The van der Waals surface area contributed by atoms with Crippen molar-refractivity contribution in [2.75, 3.05) is 12.3 Å². The summed E-state index contributed by atoms with van der Waals surface area (Å²) in [6.07, 6.45) is 1.66. The SMILES string of the molecule is Cc1c(OCC(C)C)cnc(N)c1Br. The molecule has 0 aliphatic carbocycles. The molecule has 0 aliphatic heterocycles. The largest absolute Gasteiger partial charge is 0.491 e. The summed E-state index contributed by atoms with van der Waals surface area (Å²) in [6.45, 7) is 6.86. The van der Waals surface area contributed by atoms with Crippen molar-refractivity contribution >= 4 is 21.7 Å². The summed E-state index contributed by atoms with van der Waals surface area (Å²) >= 11 is 3.37. The average molecular weight is 259 g/mol. The lowest BCUT2D eigenvalue weighted by Crippen LogP contribution is -2.06. The van der Waals surface area contributed by atoms with Crippen molar-refractivity contribution in [3.8, 4) is 5.75 Å². The minimum absolute atomic E-state index is 0.499. The van der Waals surface area contributed by atoms with Crippen LogP contribution in [0.5, 0.6) is 5.75 Å². The quantitative estimate of drug-likeness (QED) is 0.907. The topological polar surface area (TPSA) is 48.1 Å². The van der Waals surface area contributed by atoms with Crippen molar-refractivity contribution in [3.63, 3.8) is 0 Å². The first-order chi connectivity index (χ1) is 6.52. The monoisotopic (exact) mass is 258 g/mol. The molecule has 0 unspecified atom stereocenters. The number of halogens is 1. The summed E-state index contributed by atoms with van der Waals surface area (Å²) < 4.78 is 6.40. The zero-order valence-electron chi connectivity index (χ0n) is 8.67. The van der Waals surface area contributed by atoms with Gasteiger partial charge in [-0.2, -0.15) is 0 Å². The highest BCUT2D eigenvalue weighted by Gasteiger charge is 2.08. The summed E-state index contributed by atoms with van der Waals surface area (Å²) in [4.78, 5) is 4.02. The molecule has 1 heterocycles. The fourth-order valence-corrected chi connectivity index (χ4v) is 1.28. The lowest BCUT2D eigenvalue weighted by Gasteiger charge is -2.12. The molecular weight excluding hydrogens is 244 g/mol. The molecular formula is C10H15BrN2O. The number of anilines is 1. The molecule has 1 rings (SSSR count). The Balaban J connectivity index is 2.83. The Morgan fingerprint density at radius 2 is 2.21 bits per heavy atom. The van der Waals surface area contributed by atoms with Crippen LogP contribution < -0.4 is 10.5 Å². The number of nitrogen functional groups attached to an aromatic ring is 1. The van der Waals surface area contributed by atoms with Crippen LogP contribution in [0.25, 0.3) is 0 Å². The van der Waals surface area contributed by atoms with Gasteiger partial charge in [0.1, 0.15) is 11.6 Å². The van der Waals surface area contributed by atoms with Crippen molar-refractivity contribution in [2.45, 2.75) is 20.8 Å². The average Bonchev–Trinajstić information content (AvgIpc) is 2.13. The summed E-state index contributed by atoms with van der Waals surface area (Å²) in [5.74, 6) is 1.80. The first kappa shape index (κ1) is 11.3. The van der Waals surface area contributed by atoms with E-state index in [2.05, 4.69) is 34.8 Å². The van der Waals surface area contributed by atoms with Gasteiger partial charge in [0.05, 0.1) is 17.3 Å². The van der Waals surface area contributed by atoms with Crippen LogP contribution in [0.15, 0.2) is 10.7 Å². The van der Waals surface area contributed by atoms with Gasteiger partial charge in [-0.3, -0.25) is 0 Å². The molecule has 1 aromatic rings. The third-order valence-electron chi connectivity index (χ3n) is 1.82. The number of hydrogen-bond donors (Lipinski definition) is 1. The molecule has 14 heavy (non-hydrogen) atoms. The van der Waals surface area contributed by atoms with Gasteiger partial charge in [0.15, 0.2) is 0 Å². The fourth-order valence-electron chi connectivity index (χ4n) is 0.984. The van der Waals surface area contributed by atoms with Crippen molar-refractivity contribution in [2.24, 2.45) is 5.92 Å². The number of hydrogen-bond acceptors (Lipinski definition) is 3. The lowest BCUT2D eigenvalue weighted by atomic mass is 10.2. The van der Waals surface area contributed by atoms with Crippen molar-refractivity contribution in [3.05, 3.63) is 16.2 Å². The summed E-state index contributed by atoms with van der Waals surface area (Å²) in [5.41, 5.74) is 6.63. The standard InChI is InChI=1S/C10H15BrN2O/c1-6(2)5-14-8-4-13-10(12)9(11)7(8)3/h4,6H,5H2,1-3H3,(H2,12,13). The summed E-state index contributed by atoms with van der Waals surface area (Å²) in [7, 11) is 0. The third kappa shape index (κ3) is 2.61. The molecule has 0 saturated heterocycles. The number of nitrogens with zero attached hydrogens (tertiary/aromatic N) is 1. The molecule has 2 N–H and O–H groups in total. The van der Waals surface area contributed by atoms with E-state index in [0.717, 1.165) is 15.8 Å². The molecule has 0 saturated carbocycles. The minimum Gasteiger partial charge on any atom is -0.491 e. The van der Waals surface area contributed by atoms with E-state index in [1.165, 1.54) is 0 Å².